The third-order valence-corrected chi connectivity index (χ3v) is 2.75. The molecule has 0 radical (unpaired) electrons. The maximum absolute atomic E-state index is 12.2. The van der Waals surface area contributed by atoms with Gasteiger partial charge >= 0.3 is 0 Å². The highest BCUT2D eigenvalue weighted by Crippen LogP contribution is 2.21. The molecule has 0 heterocycles. The van der Waals surface area contributed by atoms with Crippen LogP contribution < -0.4 is 4.74 Å². The predicted molar refractivity (Wildman–Crippen MR) is 68.8 cm³/mol. The minimum absolute atomic E-state index is 0.0621. The molecular weight excluding hydrogens is 228 g/mol. The monoisotopic (exact) mass is 242 g/mol. The van der Waals surface area contributed by atoms with Crippen molar-refractivity contribution in [2.45, 2.75) is 6.61 Å². The van der Waals surface area contributed by atoms with Gasteiger partial charge in [0.05, 0.1) is 13.7 Å². The van der Waals surface area contributed by atoms with Crippen molar-refractivity contribution < 1.29 is 14.6 Å². The van der Waals surface area contributed by atoms with E-state index in [2.05, 4.69) is 0 Å². The highest BCUT2D eigenvalue weighted by molar-refractivity contribution is 6.09. The number of benzene rings is 2. The molecule has 0 aliphatic carbocycles. The number of methoxy groups -OCH3 is 1. The normalized spacial score (nSPS) is 10.1. The molecule has 2 aromatic rings. The molecule has 92 valence electrons. The van der Waals surface area contributed by atoms with Crippen LogP contribution in [-0.4, -0.2) is 18.0 Å². The fourth-order valence-corrected chi connectivity index (χ4v) is 1.80. The van der Waals surface area contributed by atoms with Gasteiger partial charge in [0.2, 0.25) is 0 Å². The summed E-state index contributed by atoms with van der Waals surface area (Å²) in [7, 11) is 1.53. The Hall–Kier alpha value is -2.13. The number of aliphatic hydroxyl groups is 1. The van der Waals surface area contributed by atoms with E-state index in [4.69, 9.17) is 4.74 Å². The lowest BCUT2D eigenvalue weighted by Crippen LogP contribution is -2.03. The lowest BCUT2D eigenvalue weighted by atomic mass is 10.0. The first-order valence-electron chi connectivity index (χ1n) is 5.63. The lowest BCUT2D eigenvalue weighted by molar-refractivity contribution is 0.103. The first-order chi connectivity index (χ1) is 8.76. The van der Waals surface area contributed by atoms with E-state index in [1.54, 1.807) is 30.3 Å². The van der Waals surface area contributed by atoms with Crippen LogP contribution in [-0.2, 0) is 6.61 Å². The molecule has 2 aromatic carbocycles. The van der Waals surface area contributed by atoms with Crippen LogP contribution >= 0.6 is 0 Å². The number of rotatable bonds is 4. The van der Waals surface area contributed by atoms with Crippen LogP contribution in [0, 0.1) is 0 Å². The van der Waals surface area contributed by atoms with E-state index in [0.29, 0.717) is 22.4 Å². The molecule has 0 aliphatic heterocycles. The van der Waals surface area contributed by atoms with Crippen molar-refractivity contribution in [3.63, 3.8) is 0 Å². The van der Waals surface area contributed by atoms with E-state index >= 15 is 0 Å². The number of aliphatic hydroxyl groups excluding tert-OH is 1. The Bertz CT molecular complexity index is 547. The summed E-state index contributed by atoms with van der Waals surface area (Å²) in [5.41, 5.74) is 1.79. The van der Waals surface area contributed by atoms with Gasteiger partial charge < -0.3 is 9.84 Å². The molecule has 0 unspecified atom stereocenters. The summed E-state index contributed by atoms with van der Waals surface area (Å²) < 4.78 is 5.11. The van der Waals surface area contributed by atoms with Gasteiger partial charge in [0.1, 0.15) is 5.75 Å². The Morgan fingerprint density at radius 1 is 1.11 bits per heavy atom. The quantitative estimate of drug-likeness (QED) is 0.837. The van der Waals surface area contributed by atoms with Crippen molar-refractivity contribution in [3.8, 4) is 5.75 Å². The summed E-state index contributed by atoms with van der Waals surface area (Å²) in [6, 6.07) is 14.1. The molecule has 0 saturated carbocycles. The van der Waals surface area contributed by atoms with Crippen LogP contribution in [0.4, 0.5) is 0 Å². The summed E-state index contributed by atoms with van der Waals surface area (Å²) in [4.78, 5) is 12.2. The SMILES string of the molecule is COc1ccc(C(=O)c2ccccc2)cc1CO. The Morgan fingerprint density at radius 3 is 2.44 bits per heavy atom. The number of ether oxygens (including phenoxy) is 1. The standard InChI is InChI=1S/C15H14O3/c1-18-14-8-7-12(9-13(14)10-16)15(17)11-5-3-2-4-6-11/h2-9,16H,10H2,1H3. The second-order valence-corrected chi connectivity index (χ2v) is 3.88. The summed E-state index contributed by atoms with van der Waals surface area (Å²) >= 11 is 0. The maximum Gasteiger partial charge on any atom is 0.193 e. The van der Waals surface area contributed by atoms with E-state index in [1.165, 1.54) is 7.11 Å². The molecule has 0 spiro atoms. The van der Waals surface area contributed by atoms with Gasteiger partial charge in [0, 0.05) is 16.7 Å². The largest absolute Gasteiger partial charge is 0.496 e. The zero-order valence-electron chi connectivity index (χ0n) is 10.1. The first kappa shape index (κ1) is 12.3. The molecule has 0 saturated heterocycles. The smallest absolute Gasteiger partial charge is 0.193 e. The molecule has 0 amide bonds. The van der Waals surface area contributed by atoms with E-state index < -0.39 is 0 Å². The van der Waals surface area contributed by atoms with Crippen LogP contribution in [0.1, 0.15) is 21.5 Å². The molecule has 0 atom stereocenters. The van der Waals surface area contributed by atoms with Gasteiger partial charge in [-0.1, -0.05) is 30.3 Å². The summed E-state index contributed by atoms with van der Waals surface area (Å²) in [5, 5.41) is 9.24. The Kier molecular flexibility index (Phi) is 3.75. The second-order valence-electron chi connectivity index (χ2n) is 3.88. The van der Waals surface area contributed by atoms with Crippen molar-refractivity contribution in [1.82, 2.24) is 0 Å². The molecule has 0 aliphatic rings. The first-order valence-corrected chi connectivity index (χ1v) is 5.63. The minimum Gasteiger partial charge on any atom is -0.496 e. The predicted octanol–water partition coefficient (Wildman–Crippen LogP) is 2.42. The number of carbonyl (C=O) groups is 1. The highest BCUT2D eigenvalue weighted by Gasteiger charge is 2.11. The van der Waals surface area contributed by atoms with Crippen molar-refractivity contribution >= 4 is 5.78 Å². The van der Waals surface area contributed by atoms with Crippen LogP contribution in [0.5, 0.6) is 5.75 Å². The van der Waals surface area contributed by atoms with Crippen molar-refractivity contribution in [2.24, 2.45) is 0 Å². The summed E-state index contributed by atoms with van der Waals surface area (Å²) in [6.07, 6.45) is 0. The Morgan fingerprint density at radius 2 is 1.83 bits per heavy atom. The summed E-state index contributed by atoms with van der Waals surface area (Å²) in [5.74, 6) is 0.523. The molecule has 1 N–H and O–H groups in total. The number of ketones is 1. The maximum atomic E-state index is 12.2. The lowest BCUT2D eigenvalue weighted by Gasteiger charge is -2.08. The van der Waals surface area contributed by atoms with Gasteiger partial charge in [-0.25, -0.2) is 0 Å². The van der Waals surface area contributed by atoms with Gasteiger partial charge in [-0.15, -0.1) is 0 Å². The molecule has 3 nitrogen and oxygen atoms in total. The van der Waals surface area contributed by atoms with Gasteiger partial charge in [-0.05, 0) is 18.2 Å². The zero-order chi connectivity index (χ0) is 13.0. The molecule has 2 rings (SSSR count). The van der Waals surface area contributed by atoms with Crippen LogP contribution in [0.15, 0.2) is 48.5 Å². The van der Waals surface area contributed by atoms with E-state index in [0.717, 1.165) is 0 Å². The fraction of sp³-hybridized carbons (Fsp3) is 0.133. The van der Waals surface area contributed by atoms with E-state index in [1.807, 2.05) is 18.2 Å². The van der Waals surface area contributed by atoms with Crippen LogP contribution in [0.2, 0.25) is 0 Å². The number of carbonyl (C=O) groups excluding carboxylic acids is 1. The molecular formula is C15H14O3. The average molecular weight is 242 g/mol. The minimum atomic E-state index is -0.154. The molecule has 3 heteroatoms. The van der Waals surface area contributed by atoms with Gasteiger partial charge in [0.25, 0.3) is 0 Å². The molecule has 0 bridgehead atoms. The number of hydrogen-bond acceptors (Lipinski definition) is 3. The van der Waals surface area contributed by atoms with Gasteiger partial charge in [-0.2, -0.15) is 0 Å². The van der Waals surface area contributed by atoms with Crippen LogP contribution in [0.25, 0.3) is 0 Å². The molecule has 0 fully saturated rings. The van der Waals surface area contributed by atoms with Crippen molar-refractivity contribution in [3.05, 3.63) is 65.2 Å². The third kappa shape index (κ3) is 2.41. The van der Waals surface area contributed by atoms with Crippen molar-refractivity contribution in [2.75, 3.05) is 7.11 Å². The average Bonchev–Trinajstić information content (AvgIpc) is 2.46. The van der Waals surface area contributed by atoms with Crippen LogP contribution in [0.3, 0.4) is 0 Å². The topological polar surface area (TPSA) is 46.5 Å². The third-order valence-electron chi connectivity index (χ3n) is 2.75. The molecule has 18 heavy (non-hydrogen) atoms. The molecule has 0 aromatic heterocycles. The zero-order valence-corrected chi connectivity index (χ0v) is 10.1. The van der Waals surface area contributed by atoms with Gasteiger partial charge in [0.15, 0.2) is 5.78 Å². The Balaban J connectivity index is 2.37. The fourth-order valence-electron chi connectivity index (χ4n) is 1.80. The highest BCUT2D eigenvalue weighted by atomic mass is 16.5. The summed E-state index contributed by atoms with van der Waals surface area (Å²) in [6.45, 7) is -0.154. The van der Waals surface area contributed by atoms with E-state index in [9.17, 15) is 9.90 Å². The second kappa shape index (κ2) is 5.47. The van der Waals surface area contributed by atoms with E-state index in [-0.39, 0.29) is 12.4 Å². The number of hydrogen-bond donors (Lipinski definition) is 1. The van der Waals surface area contributed by atoms with Gasteiger partial charge in [-0.3, -0.25) is 4.79 Å². The van der Waals surface area contributed by atoms with Crippen molar-refractivity contribution in [1.29, 1.82) is 0 Å². The Labute approximate surface area is 106 Å².